The van der Waals surface area contributed by atoms with Crippen LogP contribution in [0.3, 0.4) is 0 Å². The lowest BCUT2D eigenvalue weighted by Gasteiger charge is -2.34. The lowest BCUT2D eigenvalue weighted by Crippen LogP contribution is -2.44. The van der Waals surface area contributed by atoms with Crippen LogP contribution in [-0.2, 0) is 11.8 Å². The van der Waals surface area contributed by atoms with Crippen LogP contribution in [0.25, 0.3) is 10.2 Å². The van der Waals surface area contributed by atoms with Crippen LogP contribution < -0.4 is 0 Å². The van der Waals surface area contributed by atoms with Gasteiger partial charge in [-0.2, -0.15) is 5.10 Å². The van der Waals surface area contributed by atoms with Crippen molar-refractivity contribution in [2.45, 2.75) is 33.1 Å². The van der Waals surface area contributed by atoms with Crippen LogP contribution in [0.15, 0.2) is 6.07 Å². The Morgan fingerprint density at radius 3 is 2.71 bits per heavy atom. The van der Waals surface area contributed by atoms with Gasteiger partial charge in [-0.05, 0) is 24.3 Å². The van der Waals surface area contributed by atoms with Crippen molar-refractivity contribution < 1.29 is 14.7 Å². The fourth-order valence-electron chi connectivity index (χ4n) is 3.45. The maximum absolute atomic E-state index is 12.8. The number of fused-ring (bicyclic) bond motifs is 1. The highest BCUT2D eigenvalue weighted by atomic mass is 32.1. The monoisotopic (exact) mass is 349 g/mol. The Bertz CT molecular complexity index is 792. The smallest absolute Gasteiger partial charge is 0.306 e. The van der Waals surface area contributed by atoms with E-state index in [2.05, 4.69) is 18.9 Å². The summed E-state index contributed by atoms with van der Waals surface area (Å²) >= 11 is 1.47. The molecule has 1 aliphatic heterocycles. The Kier molecular flexibility index (Phi) is 4.38. The van der Waals surface area contributed by atoms with Gasteiger partial charge < -0.3 is 10.0 Å². The minimum absolute atomic E-state index is 0.00148. The van der Waals surface area contributed by atoms with Gasteiger partial charge in [0, 0.05) is 25.5 Å². The van der Waals surface area contributed by atoms with E-state index in [1.807, 2.05) is 24.7 Å². The number of likely N-dealkylation sites (tertiary alicyclic amines) is 1. The number of thiophene rings is 1. The third-order valence-corrected chi connectivity index (χ3v) is 6.00. The highest BCUT2D eigenvalue weighted by Gasteiger charge is 2.34. The first-order chi connectivity index (χ1) is 11.3. The zero-order valence-electron chi connectivity index (χ0n) is 14.4. The molecule has 2 unspecified atom stereocenters. The number of hydrogen-bond donors (Lipinski definition) is 1. The summed E-state index contributed by atoms with van der Waals surface area (Å²) in [5, 5.41) is 14.8. The van der Waals surface area contributed by atoms with E-state index in [0.717, 1.165) is 15.9 Å². The fraction of sp³-hybridized carbons (Fsp3) is 0.588. The van der Waals surface area contributed by atoms with E-state index in [9.17, 15) is 14.7 Å². The third kappa shape index (κ3) is 2.81. The molecule has 1 saturated heterocycles. The molecule has 1 aliphatic rings. The Morgan fingerprint density at radius 1 is 1.42 bits per heavy atom. The second-order valence-corrected chi connectivity index (χ2v) is 7.99. The van der Waals surface area contributed by atoms with Gasteiger partial charge in [-0.15, -0.1) is 11.3 Å². The van der Waals surface area contributed by atoms with E-state index in [-0.39, 0.29) is 17.7 Å². The van der Waals surface area contributed by atoms with Gasteiger partial charge in [0.1, 0.15) is 4.83 Å². The maximum atomic E-state index is 12.8. The molecule has 1 amide bonds. The Hall–Kier alpha value is -1.89. The molecule has 2 aromatic heterocycles. The van der Waals surface area contributed by atoms with Crippen molar-refractivity contribution in [2.75, 3.05) is 13.1 Å². The molecule has 0 spiro atoms. The lowest BCUT2D eigenvalue weighted by atomic mass is 9.87. The predicted molar refractivity (Wildman–Crippen MR) is 93.5 cm³/mol. The molecule has 7 heteroatoms. The molecule has 3 rings (SSSR count). The molecule has 0 aromatic carbocycles. The summed E-state index contributed by atoms with van der Waals surface area (Å²) < 4.78 is 1.84. The molecule has 1 fully saturated rings. The molecule has 1 N–H and O–H groups in total. The molecule has 24 heavy (non-hydrogen) atoms. The summed E-state index contributed by atoms with van der Waals surface area (Å²) in [6.45, 7) is 7.10. The van der Waals surface area contributed by atoms with Crippen LogP contribution in [-0.4, -0.2) is 44.8 Å². The standard InChI is InChI=1S/C17H23N3O3S/c1-9(2)14-12-7-13(24-16(12)19(4)18-14)15(21)20-6-5-11(17(22)23)10(3)8-20/h7,9-11H,5-6,8H2,1-4H3,(H,22,23). The van der Waals surface area contributed by atoms with Crippen molar-refractivity contribution in [3.63, 3.8) is 0 Å². The number of carboxylic acids is 1. The molecule has 0 radical (unpaired) electrons. The molecule has 0 bridgehead atoms. The Labute approximate surface area is 145 Å². The molecule has 2 aromatic rings. The van der Waals surface area contributed by atoms with Crippen molar-refractivity contribution in [2.24, 2.45) is 18.9 Å². The largest absolute Gasteiger partial charge is 0.481 e. The minimum Gasteiger partial charge on any atom is -0.481 e. The van der Waals surface area contributed by atoms with Gasteiger partial charge in [-0.3, -0.25) is 14.3 Å². The summed E-state index contributed by atoms with van der Waals surface area (Å²) in [5.41, 5.74) is 1.01. The highest BCUT2D eigenvalue weighted by Crippen LogP contribution is 2.33. The number of carbonyl (C=O) groups excluding carboxylic acids is 1. The van der Waals surface area contributed by atoms with Crippen molar-refractivity contribution in [1.29, 1.82) is 0 Å². The molecule has 2 atom stereocenters. The number of amides is 1. The molecule has 130 valence electrons. The van der Waals surface area contributed by atoms with Crippen LogP contribution >= 0.6 is 11.3 Å². The molecule has 0 aliphatic carbocycles. The van der Waals surface area contributed by atoms with Crippen LogP contribution in [0.2, 0.25) is 0 Å². The quantitative estimate of drug-likeness (QED) is 0.924. The zero-order valence-corrected chi connectivity index (χ0v) is 15.3. The number of nitrogens with zero attached hydrogens (tertiary/aromatic N) is 3. The summed E-state index contributed by atoms with van der Waals surface area (Å²) in [6.07, 6.45) is 0.520. The number of aliphatic carboxylic acids is 1. The number of aryl methyl sites for hydroxylation is 1. The van der Waals surface area contributed by atoms with E-state index >= 15 is 0 Å². The maximum Gasteiger partial charge on any atom is 0.306 e. The van der Waals surface area contributed by atoms with Gasteiger partial charge in [0.05, 0.1) is 16.5 Å². The van der Waals surface area contributed by atoms with Crippen LogP contribution in [0, 0.1) is 11.8 Å². The van der Waals surface area contributed by atoms with Crippen LogP contribution in [0.5, 0.6) is 0 Å². The SMILES string of the molecule is CC(C)c1nn(C)c2sc(C(=O)N3CCC(C(=O)O)C(C)C3)cc12. The number of aromatic nitrogens is 2. The Balaban J connectivity index is 1.84. The van der Waals surface area contributed by atoms with Crippen LogP contribution in [0.1, 0.15) is 48.5 Å². The van der Waals surface area contributed by atoms with Crippen molar-refractivity contribution in [1.82, 2.24) is 14.7 Å². The van der Waals surface area contributed by atoms with E-state index < -0.39 is 5.97 Å². The first kappa shape index (κ1) is 17.0. The van der Waals surface area contributed by atoms with Crippen molar-refractivity contribution in [3.05, 3.63) is 16.6 Å². The fourth-order valence-corrected chi connectivity index (χ4v) is 4.50. The molecular formula is C17H23N3O3S. The summed E-state index contributed by atoms with van der Waals surface area (Å²) in [5.74, 6) is -0.834. The number of carboxylic acid groups (broad SMARTS) is 1. The Morgan fingerprint density at radius 2 is 2.12 bits per heavy atom. The number of carbonyl (C=O) groups is 2. The normalized spacial score (nSPS) is 21.6. The van der Waals surface area contributed by atoms with Crippen molar-refractivity contribution in [3.8, 4) is 0 Å². The molecule has 3 heterocycles. The van der Waals surface area contributed by atoms with Gasteiger partial charge in [0.25, 0.3) is 5.91 Å². The summed E-state index contributed by atoms with van der Waals surface area (Å²) in [7, 11) is 1.90. The van der Waals surface area contributed by atoms with Gasteiger partial charge in [0.2, 0.25) is 0 Å². The second kappa shape index (κ2) is 6.20. The van der Waals surface area contributed by atoms with Crippen LogP contribution in [0.4, 0.5) is 0 Å². The average Bonchev–Trinajstić information content (AvgIpc) is 3.07. The summed E-state index contributed by atoms with van der Waals surface area (Å²) in [4.78, 5) is 27.6. The first-order valence-electron chi connectivity index (χ1n) is 8.28. The first-order valence-corrected chi connectivity index (χ1v) is 9.09. The minimum atomic E-state index is -0.760. The molecular weight excluding hydrogens is 326 g/mol. The molecule has 6 nitrogen and oxygen atoms in total. The van der Waals surface area contributed by atoms with Crippen molar-refractivity contribution >= 4 is 33.4 Å². The highest BCUT2D eigenvalue weighted by molar-refractivity contribution is 7.20. The van der Waals surface area contributed by atoms with E-state index in [4.69, 9.17) is 0 Å². The predicted octanol–water partition coefficient (Wildman–Crippen LogP) is 2.94. The number of hydrogen-bond acceptors (Lipinski definition) is 4. The van der Waals surface area contributed by atoms with Gasteiger partial charge in [-0.1, -0.05) is 20.8 Å². The van der Waals surface area contributed by atoms with E-state index in [1.165, 1.54) is 11.3 Å². The molecule has 0 saturated carbocycles. The number of rotatable bonds is 3. The average molecular weight is 349 g/mol. The third-order valence-electron chi connectivity index (χ3n) is 4.81. The van der Waals surface area contributed by atoms with E-state index in [1.54, 1.807) is 4.90 Å². The number of piperidine rings is 1. The second-order valence-electron chi connectivity index (χ2n) is 6.95. The zero-order chi connectivity index (χ0) is 17.6. The van der Waals surface area contributed by atoms with E-state index in [0.29, 0.717) is 30.3 Å². The van der Waals surface area contributed by atoms with Gasteiger partial charge >= 0.3 is 5.97 Å². The topological polar surface area (TPSA) is 75.4 Å². The van der Waals surface area contributed by atoms with Gasteiger partial charge in [0.15, 0.2) is 0 Å². The summed E-state index contributed by atoms with van der Waals surface area (Å²) in [6, 6.07) is 1.94. The lowest BCUT2D eigenvalue weighted by molar-refractivity contribution is -0.145. The van der Waals surface area contributed by atoms with Gasteiger partial charge in [-0.25, -0.2) is 0 Å².